The number of ether oxygens (including phenoxy) is 1. The molecule has 0 unspecified atom stereocenters. The number of nitrogens with one attached hydrogen (secondary N) is 1. The number of carbonyl (C=O) groups excluding carboxylic acids is 2. The second-order valence-corrected chi connectivity index (χ2v) is 9.76. The molecule has 1 fully saturated rings. The third kappa shape index (κ3) is 7.59. The molecule has 8 heteroatoms. The van der Waals surface area contributed by atoms with Gasteiger partial charge in [-0.2, -0.15) is 5.01 Å². The van der Waals surface area contributed by atoms with E-state index in [1.54, 1.807) is 30.3 Å². The van der Waals surface area contributed by atoms with Crippen LogP contribution in [0.4, 0.5) is 0 Å². The van der Waals surface area contributed by atoms with Gasteiger partial charge in [0.15, 0.2) is 4.32 Å². The van der Waals surface area contributed by atoms with Gasteiger partial charge in [0, 0.05) is 10.6 Å². The van der Waals surface area contributed by atoms with Gasteiger partial charge in [-0.3, -0.25) is 15.0 Å². The molecule has 0 atom stereocenters. The van der Waals surface area contributed by atoms with E-state index < -0.39 is 5.91 Å². The Hall–Kier alpha value is -2.35. The molecule has 1 heterocycles. The van der Waals surface area contributed by atoms with Crippen LogP contribution in [0.15, 0.2) is 53.4 Å². The van der Waals surface area contributed by atoms with Crippen LogP contribution in [-0.4, -0.2) is 27.8 Å². The molecule has 0 bridgehead atoms. The molecule has 2 amide bonds. The van der Waals surface area contributed by atoms with Crippen molar-refractivity contribution in [2.75, 3.05) is 6.61 Å². The first-order chi connectivity index (χ1) is 16.0. The van der Waals surface area contributed by atoms with Crippen LogP contribution in [0.1, 0.15) is 61.4 Å². The van der Waals surface area contributed by atoms with Crippen molar-refractivity contribution in [2.24, 2.45) is 0 Å². The minimum absolute atomic E-state index is 0.271. The number of hydrazine groups is 1. The smallest absolute Gasteiger partial charge is 0.285 e. The van der Waals surface area contributed by atoms with Gasteiger partial charge < -0.3 is 4.74 Å². The van der Waals surface area contributed by atoms with Gasteiger partial charge in [-0.15, -0.1) is 0 Å². The van der Waals surface area contributed by atoms with E-state index in [4.69, 9.17) is 28.6 Å². The highest BCUT2D eigenvalue weighted by molar-refractivity contribution is 8.26. The van der Waals surface area contributed by atoms with E-state index in [0.717, 1.165) is 34.5 Å². The van der Waals surface area contributed by atoms with E-state index in [9.17, 15) is 9.59 Å². The first-order valence-corrected chi connectivity index (χ1v) is 12.7. The summed E-state index contributed by atoms with van der Waals surface area (Å²) in [5, 5.41) is 1.62. The van der Waals surface area contributed by atoms with Crippen LogP contribution in [0.5, 0.6) is 5.75 Å². The van der Waals surface area contributed by atoms with Crippen molar-refractivity contribution in [3.63, 3.8) is 0 Å². The number of hydrogen-bond donors (Lipinski definition) is 1. The average molecular weight is 503 g/mol. The monoisotopic (exact) mass is 502 g/mol. The fourth-order valence-electron chi connectivity index (χ4n) is 3.22. The van der Waals surface area contributed by atoms with Crippen LogP contribution < -0.4 is 10.2 Å². The van der Waals surface area contributed by atoms with Crippen molar-refractivity contribution in [1.82, 2.24) is 10.4 Å². The van der Waals surface area contributed by atoms with Crippen LogP contribution in [0.2, 0.25) is 5.02 Å². The second-order valence-electron chi connectivity index (χ2n) is 7.65. The van der Waals surface area contributed by atoms with Crippen LogP contribution in [-0.2, 0) is 4.79 Å². The molecule has 1 saturated heterocycles. The molecule has 0 aliphatic carbocycles. The van der Waals surface area contributed by atoms with E-state index in [1.807, 2.05) is 24.3 Å². The summed E-state index contributed by atoms with van der Waals surface area (Å²) < 4.78 is 6.08. The maximum Gasteiger partial charge on any atom is 0.285 e. The molecule has 0 spiro atoms. The molecular weight excluding hydrogens is 476 g/mol. The van der Waals surface area contributed by atoms with Crippen molar-refractivity contribution < 1.29 is 14.3 Å². The summed E-state index contributed by atoms with van der Waals surface area (Å²) >= 11 is 12.3. The minimum Gasteiger partial charge on any atom is -0.494 e. The van der Waals surface area contributed by atoms with Crippen LogP contribution in [0.25, 0.3) is 6.08 Å². The lowest BCUT2D eigenvalue weighted by Gasteiger charge is -2.15. The number of amides is 2. The molecule has 2 aromatic carbocycles. The number of rotatable bonds is 11. The van der Waals surface area contributed by atoms with Gasteiger partial charge in [-0.05, 0) is 66.7 Å². The molecule has 1 aliphatic rings. The summed E-state index contributed by atoms with van der Waals surface area (Å²) in [6.45, 7) is 2.92. The van der Waals surface area contributed by atoms with Crippen LogP contribution in [0, 0.1) is 0 Å². The number of thioether (sulfide) groups is 1. The van der Waals surface area contributed by atoms with Gasteiger partial charge >= 0.3 is 0 Å². The molecule has 1 N–H and O–H groups in total. The average Bonchev–Trinajstić information content (AvgIpc) is 3.07. The molecule has 174 valence electrons. The fraction of sp³-hybridized carbons (Fsp3) is 0.320. The predicted molar refractivity (Wildman–Crippen MR) is 139 cm³/mol. The van der Waals surface area contributed by atoms with E-state index >= 15 is 0 Å². The van der Waals surface area contributed by atoms with Crippen molar-refractivity contribution in [2.45, 2.75) is 45.4 Å². The van der Waals surface area contributed by atoms with Gasteiger partial charge in [0.1, 0.15) is 5.75 Å². The van der Waals surface area contributed by atoms with Crippen molar-refractivity contribution in [3.05, 3.63) is 69.6 Å². The number of unbranched alkanes of at least 4 members (excludes halogenated alkanes) is 5. The van der Waals surface area contributed by atoms with E-state index in [2.05, 4.69) is 12.3 Å². The summed E-state index contributed by atoms with van der Waals surface area (Å²) in [7, 11) is 0. The SMILES string of the molecule is CCCCCCCCOc1ccc(/C=C2\SC(=S)N(NC(=O)c3ccc(Cl)cc3)C2=O)cc1. The maximum absolute atomic E-state index is 12.8. The number of carbonyl (C=O) groups is 2. The Morgan fingerprint density at radius 1 is 1.06 bits per heavy atom. The summed E-state index contributed by atoms with van der Waals surface area (Å²) in [4.78, 5) is 25.6. The number of nitrogens with zero attached hydrogens (tertiary/aromatic N) is 1. The Morgan fingerprint density at radius 2 is 1.73 bits per heavy atom. The van der Waals surface area contributed by atoms with Gasteiger partial charge in [-0.1, -0.05) is 74.5 Å². The third-order valence-electron chi connectivity index (χ3n) is 5.06. The van der Waals surface area contributed by atoms with Gasteiger partial charge in [0.2, 0.25) is 0 Å². The molecular formula is C25H27ClN2O3S2. The highest BCUT2D eigenvalue weighted by Gasteiger charge is 2.33. The summed E-state index contributed by atoms with van der Waals surface area (Å²) in [5.41, 5.74) is 3.80. The Bertz CT molecular complexity index is 1010. The van der Waals surface area contributed by atoms with Crippen LogP contribution in [0.3, 0.4) is 0 Å². The molecule has 33 heavy (non-hydrogen) atoms. The highest BCUT2D eigenvalue weighted by Crippen LogP contribution is 2.31. The summed E-state index contributed by atoms with van der Waals surface area (Å²) in [6, 6.07) is 14.0. The second kappa shape index (κ2) is 12.8. The molecule has 3 rings (SSSR count). The quantitative estimate of drug-likeness (QED) is 0.212. The number of hydrogen-bond acceptors (Lipinski definition) is 5. The standard InChI is InChI=1S/C25H27ClN2O3S2/c1-2-3-4-5-6-7-16-31-21-14-8-18(9-15-21)17-22-24(30)28(25(32)33-22)27-23(29)19-10-12-20(26)13-11-19/h8-15,17H,2-7,16H2,1H3,(H,27,29)/b22-17-. The normalized spacial score (nSPS) is 14.7. The van der Waals surface area contributed by atoms with Crippen LogP contribution >= 0.6 is 35.6 Å². The number of thiocarbonyl (C=S) groups is 1. The minimum atomic E-state index is -0.434. The van der Waals surface area contributed by atoms with Crippen molar-refractivity contribution >= 4 is 57.8 Å². The van der Waals surface area contributed by atoms with Crippen molar-refractivity contribution in [3.8, 4) is 5.75 Å². The predicted octanol–water partition coefficient (Wildman–Crippen LogP) is 6.63. The first-order valence-electron chi connectivity index (χ1n) is 11.1. The lowest BCUT2D eigenvalue weighted by atomic mass is 10.1. The third-order valence-corrected chi connectivity index (χ3v) is 6.61. The Morgan fingerprint density at radius 3 is 2.42 bits per heavy atom. The lowest BCUT2D eigenvalue weighted by Crippen LogP contribution is -2.44. The molecule has 5 nitrogen and oxygen atoms in total. The Balaban J connectivity index is 1.52. The zero-order valence-electron chi connectivity index (χ0n) is 18.5. The first kappa shape index (κ1) is 25.3. The van der Waals surface area contributed by atoms with Gasteiger partial charge in [0.25, 0.3) is 11.8 Å². The Kier molecular flexibility index (Phi) is 9.78. The zero-order valence-corrected chi connectivity index (χ0v) is 20.9. The fourth-order valence-corrected chi connectivity index (χ4v) is 4.52. The zero-order chi connectivity index (χ0) is 23.6. The Labute approximate surface area is 209 Å². The molecule has 0 aromatic heterocycles. The summed E-state index contributed by atoms with van der Waals surface area (Å²) in [6.07, 6.45) is 9.10. The number of halogens is 1. The van der Waals surface area contributed by atoms with Crippen molar-refractivity contribution in [1.29, 1.82) is 0 Å². The van der Waals surface area contributed by atoms with E-state index in [-0.39, 0.29) is 10.2 Å². The topological polar surface area (TPSA) is 58.6 Å². The molecule has 1 aliphatic heterocycles. The number of benzene rings is 2. The van der Waals surface area contributed by atoms with E-state index in [1.165, 1.54) is 32.1 Å². The summed E-state index contributed by atoms with van der Waals surface area (Å²) in [5.74, 6) is 0.00952. The van der Waals surface area contributed by atoms with E-state index in [0.29, 0.717) is 22.1 Å². The molecule has 2 aromatic rings. The largest absolute Gasteiger partial charge is 0.494 e. The van der Waals surface area contributed by atoms with Gasteiger partial charge in [0.05, 0.1) is 11.5 Å². The van der Waals surface area contributed by atoms with Gasteiger partial charge in [-0.25, -0.2) is 0 Å². The molecule has 0 saturated carbocycles. The maximum atomic E-state index is 12.8. The highest BCUT2D eigenvalue weighted by atomic mass is 35.5. The molecule has 0 radical (unpaired) electrons. The lowest BCUT2D eigenvalue weighted by molar-refractivity contribution is -0.123.